The minimum absolute atomic E-state index is 0.0306. The summed E-state index contributed by atoms with van der Waals surface area (Å²) in [6, 6.07) is 0. The van der Waals surface area contributed by atoms with E-state index < -0.39 is 5.60 Å². The summed E-state index contributed by atoms with van der Waals surface area (Å²) in [7, 11) is 1.72. The minimum Gasteiger partial charge on any atom is -0.466 e. The van der Waals surface area contributed by atoms with Crippen molar-refractivity contribution in [2.75, 3.05) is 26.9 Å². The summed E-state index contributed by atoms with van der Waals surface area (Å²) < 4.78 is 17.0. The van der Waals surface area contributed by atoms with Gasteiger partial charge in [-0.05, 0) is 52.9 Å². The maximum atomic E-state index is 12.8. The summed E-state index contributed by atoms with van der Waals surface area (Å²) in [5.41, 5.74) is -0.617. The largest absolute Gasteiger partial charge is 0.466 e. The highest BCUT2D eigenvalue weighted by molar-refractivity contribution is 5.81. The number of methoxy groups -OCH3 is 1. The molecule has 0 aliphatic rings. The quantitative estimate of drug-likeness (QED) is 0.0486. The van der Waals surface area contributed by atoms with Crippen molar-refractivity contribution in [2.45, 2.75) is 322 Å². The fourth-order valence-corrected chi connectivity index (χ4v) is 8.81. The molecule has 0 atom stereocenters. The minimum atomic E-state index is -0.394. The molecule has 0 fully saturated rings. The van der Waals surface area contributed by atoms with Crippen molar-refractivity contribution in [1.82, 2.24) is 5.32 Å². The molecule has 0 heterocycles. The van der Waals surface area contributed by atoms with Crippen molar-refractivity contribution in [1.29, 1.82) is 0 Å². The van der Waals surface area contributed by atoms with E-state index in [0.29, 0.717) is 25.6 Å². The summed E-state index contributed by atoms with van der Waals surface area (Å²) >= 11 is 0. The van der Waals surface area contributed by atoms with Crippen molar-refractivity contribution >= 4 is 11.9 Å². The molecule has 0 radical (unpaired) electrons. The molecule has 6 nitrogen and oxygen atoms in total. The number of ether oxygens (including phenoxy) is 3. The fraction of sp³-hybridized carbons (Fsp3) is 0.965. The van der Waals surface area contributed by atoms with Gasteiger partial charge >= 0.3 is 5.97 Å². The van der Waals surface area contributed by atoms with E-state index in [1.807, 2.05) is 27.7 Å². The molecule has 0 aromatic carbocycles. The third-order valence-corrected chi connectivity index (χ3v) is 13.8. The average Bonchev–Trinajstić information content (AvgIpc) is 3.26. The molecule has 0 aromatic heterocycles. The average molecular weight is 893 g/mol. The Labute approximate surface area is 394 Å². The fourth-order valence-electron chi connectivity index (χ4n) is 8.81. The number of rotatable bonds is 51. The molecule has 0 unspecified atom stereocenters. The van der Waals surface area contributed by atoms with Gasteiger partial charge in [0.05, 0.1) is 30.8 Å². The van der Waals surface area contributed by atoms with Crippen LogP contribution in [0.25, 0.3) is 0 Å². The number of nitrogens with one attached hydrogen (secondary N) is 1. The molecule has 63 heavy (non-hydrogen) atoms. The van der Waals surface area contributed by atoms with Crippen LogP contribution in [0.4, 0.5) is 0 Å². The summed E-state index contributed by atoms with van der Waals surface area (Å²) in [6.45, 7) is 14.3. The molecule has 0 aliphatic carbocycles. The maximum absolute atomic E-state index is 12.8. The summed E-state index contributed by atoms with van der Waals surface area (Å²) in [5.74, 6) is 0.187. The standard InChI is InChI=1S/C57H113NO5/c1-8-10-12-14-16-18-20-22-24-26-28-30-32-34-36-38-40-42-44-53(45-43-41-39-37-35-33-31-29-27-25-23-21-19-17-15-13-11-9-2)52-58-54(59)46-47-55(60)62-50-48-57(5,6)63-51-49-56(3,4)61-7/h53H,8-52H2,1-7H3,(H,58,59). The monoisotopic (exact) mass is 892 g/mol. The zero-order chi connectivity index (χ0) is 46.4. The highest BCUT2D eigenvalue weighted by Gasteiger charge is 2.22. The topological polar surface area (TPSA) is 73.9 Å². The van der Waals surface area contributed by atoms with Crippen molar-refractivity contribution in [3.8, 4) is 0 Å². The molecular formula is C57H113NO5. The van der Waals surface area contributed by atoms with Crippen molar-refractivity contribution < 1.29 is 23.8 Å². The maximum Gasteiger partial charge on any atom is 0.306 e. The van der Waals surface area contributed by atoms with Crippen LogP contribution in [0.1, 0.15) is 311 Å². The van der Waals surface area contributed by atoms with Gasteiger partial charge in [0.2, 0.25) is 5.91 Å². The number of hydrogen-bond donors (Lipinski definition) is 1. The summed E-state index contributed by atoms with van der Waals surface area (Å²) in [5, 5.41) is 3.20. The second-order valence-electron chi connectivity index (χ2n) is 21.1. The lowest BCUT2D eigenvalue weighted by Crippen LogP contribution is -2.31. The number of hydrogen-bond acceptors (Lipinski definition) is 5. The summed E-state index contributed by atoms with van der Waals surface area (Å²) in [4.78, 5) is 25.3. The van der Waals surface area contributed by atoms with Gasteiger partial charge in [0.25, 0.3) is 0 Å². The summed E-state index contributed by atoms with van der Waals surface area (Å²) in [6.07, 6.45) is 54.5. The number of amides is 1. The lowest BCUT2D eigenvalue weighted by Gasteiger charge is -2.28. The van der Waals surface area contributed by atoms with Gasteiger partial charge in [-0.15, -0.1) is 0 Å². The number of carbonyl (C=O) groups excluding carboxylic acids is 2. The first-order valence-electron chi connectivity index (χ1n) is 28.2. The number of unbranched alkanes of at least 4 members (excludes halogenated alkanes) is 34. The Morgan fingerprint density at radius 3 is 1.08 bits per heavy atom. The van der Waals surface area contributed by atoms with Gasteiger partial charge in [-0.3, -0.25) is 9.59 Å². The van der Waals surface area contributed by atoms with Crippen molar-refractivity contribution in [3.05, 3.63) is 0 Å². The molecule has 1 amide bonds. The Hall–Kier alpha value is -1.14. The Morgan fingerprint density at radius 1 is 0.429 bits per heavy atom. The van der Waals surface area contributed by atoms with Crippen LogP contribution in [0, 0.1) is 5.92 Å². The molecule has 0 rings (SSSR count). The molecule has 0 spiro atoms. The van der Waals surface area contributed by atoms with E-state index in [0.717, 1.165) is 13.0 Å². The van der Waals surface area contributed by atoms with E-state index in [4.69, 9.17) is 14.2 Å². The van der Waals surface area contributed by atoms with E-state index >= 15 is 0 Å². The van der Waals surface area contributed by atoms with Crippen LogP contribution < -0.4 is 5.32 Å². The molecule has 0 bridgehead atoms. The Kier molecular flexibility index (Phi) is 45.2. The van der Waals surface area contributed by atoms with Crippen molar-refractivity contribution in [3.63, 3.8) is 0 Å². The second-order valence-corrected chi connectivity index (χ2v) is 21.1. The molecule has 0 aliphatic heterocycles. The Bertz CT molecular complexity index is 926. The Morgan fingerprint density at radius 2 is 0.746 bits per heavy atom. The van der Waals surface area contributed by atoms with Gasteiger partial charge in [-0.25, -0.2) is 0 Å². The lowest BCUT2D eigenvalue weighted by molar-refractivity contribution is -0.147. The lowest BCUT2D eigenvalue weighted by atomic mass is 9.93. The van der Waals surface area contributed by atoms with E-state index in [2.05, 4.69) is 19.2 Å². The number of esters is 1. The van der Waals surface area contributed by atoms with E-state index in [1.165, 1.54) is 244 Å². The normalized spacial score (nSPS) is 12.1. The molecule has 0 saturated carbocycles. The van der Waals surface area contributed by atoms with Gasteiger partial charge in [-0.2, -0.15) is 0 Å². The first-order valence-corrected chi connectivity index (χ1v) is 28.2. The third-order valence-electron chi connectivity index (χ3n) is 13.8. The molecule has 376 valence electrons. The van der Waals surface area contributed by atoms with Gasteiger partial charge in [0, 0.05) is 26.5 Å². The van der Waals surface area contributed by atoms with Crippen LogP contribution >= 0.6 is 0 Å². The number of carbonyl (C=O) groups is 2. The van der Waals surface area contributed by atoms with E-state index in [-0.39, 0.29) is 30.3 Å². The van der Waals surface area contributed by atoms with Crippen LogP contribution in [-0.4, -0.2) is 49.9 Å². The smallest absolute Gasteiger partial charge is 0.306 e. The molecule has 0 aromatic rings. The first-order chi connectivity index (χ1) is 30.5. The molecule has 0 saturated heterocycles. The zero-order valence-corrected chi connectivity index (χ0v) is 43.9. The van der Waals surface area contributed by atoms with E-state index in [9.17, 15) is 9.59 Å². The Balaban J connectivity index is 4.32. The van der Waals surface area contributed by atoms with Gasteiger partial charge < -0.3 is 19.5 Å². The van der Waals surface area contributed by atoms with Gasteiger partial charge in [0.15, 0.2) is 0 Å². The predicted octanol–water partition coefficient (Wildman–Crippen LogP) is 17.9. The predicted molar refractivity (Wildman–Crippen MR) is 274 cm³/mol. The SMILES string of the molecule is CCCCCCCCCCCCCCCCCCCCC(CCCCCCCCCCCCCCCCCCCC)CNC(=O)CCC(=O)OCCC(C)(C)OCCC(C)(C)OC. The van der Waals surface area contributed by atoms with Crippen LogP contribution in [0.2, 0.25) is 0 Å². The molecule has 6 heteroatoms. The van der Waals surface area contributed by atoms with Crippen LogP contribution in [0.3, 0.4) is 0 Å². The highest BCUT2D eigenvalue weighted by atomic mass is 16.5. The van der Waals surface area contributed by atoms with Gasteiger partial charge in [0.1, 0.15) is 0 Å². The third kappa shape index (κ3) is 47.2. The van der Waals surface area contributed by atoms with Gasteiger partial charge in [-0.1, -0.05) is 245 Å². The van der Waals surface area contributed by atoms with Crippen LogP contribution in [-0.2, 0) is 23.8 Å². The van der Waals surface area contributed by atoms with Crippen LogP contribution in [0.5, 0.6) is 0 Å². The second kappa shape index (κ2) is 46.0. The molecular weight excluding hydrogens is 779 g/mol. The van der Waals surface area contributed by atoms with Crippen LogP contribution in [0.15, 0.2) is 0 Å². The molecule has 1 N–H and O–H groups in total. The van der Waals surface area contributed by atoms with E-state index in [1.54, 1.807) is 7.11 Å². The van der Waals surface area contributed by atoms with Crippen molar-refractivity contribution in [2.24, 2.45) is 5.92 Å². The highest BCUT2D eigenvalue weighted by Crippen LogP contribution is 2.22. The first kappa shape index (κ1) is 61.9. The zero-order valence-electron chi connectivity index (χ0n) is 43.9.